The van der Waals surface area contributed by atoms with Gasteiger partial charge < -0.3 is 5.11 Å². The van der Waals surface area contributed by atoms with Crippen LogP contribution in [0.25, 0.3) is 0 Å². The molecule has 0 spiro atoms. The lowest BCUT2D eigenvalue weighted by molar-refractivity contribution is -0.496. The predicted molar refractivity (Wildman–Crippen MR) is 47.5 cm³/mol. The molecule has 0 amide bonds. The lowest BCUT2D eigenvalue weighted by Crippen LogP contribution is -2.39. The third-order valence-corrected chi connectivity index (χ3v) is 1.45. The summed E-state index contributed by atoms with van der Waals surface area (Å²) in [5.74, 6) is -2.57. The molecular weight excluding hydrogens is 190 g/mol. The molecule has 1 N–H and O–H groups in total. The molecule has 0 aliphatic carbocycles. The lowest BCUT2D eigenvalue weighted by Gasteiger charge is -2.16. The standard InChI is InChI=1S/C8H13NO5/c1-8(2,3)4-5(10)6(7(11)12)9(13)14/h6H,4H2,1-3H3,(H,11,12). The summed E-state index contributed by atoms with van der Waals surface area (Å²) < 4.78 is 0. The van der Waals surface area contributed by atoms with Crippen molar-refractivity contribution in [3.63, 3.8) is 0 Å². The van der Waals surface area contributed by atoms with Crippen molar-refractivity contribution >= 4 is 11.8 Å². The number of hydrogen-bond donors (Lipinski definition) is 1. The van der Waals surface area contributed by atoms with E-state index in [1.54, 1.807) is 20.8 Å². The van der Waals surface area contributed by atoms with Crippen molar-refractivity contribution in [3.8, 4) is 0 Å². The number of hydrogen-bond acceptors (Lipinski definition) is 4. The smallest absolute Gasteiger partial charge is 0.387 e. The zero-order chi connectivity index (χ0) is 11.5. The fourth-order valence-electron chi connectivity index (χ4n) is 0.965. The number of nitrogens with zero attached hydrogens (tertiary/aromatic N) is 1. The molecule has 0 aliphatic rings. The minimum absolute atomic E-state index is 0.120. The van der Waals surface area contributed by atoms with Gasteiger partial charge in [-0.2, -0.15) is 0 Å². The van der Waals surface area contributed by atoms with E-state index in [4.69, 9.17) is 5.11 Å². The van der Waals surface area contributed by atoms with Gasteiger partial charge in [-0.1, -0.05) is 20.8 Å². The van der Waals surface area contributed by atoms with E-state index in [1.165, 1.54) is 0 Å². The molecule has 6 heteroatoms. The third-order valence-electron chi connectivity index (χ3n) is 1.45. The maximum atomic E-state index is 11.2. The van der Waals surface area contributed by atoms with Crippen LogP contribution in [0.5, 0.6) is 0 Å². The highest BCUT2D eigenvalue weighted by Crippen LogP contribution is 2.20. The van der Waals surface area contributed by atoms with Crippen LogP contribution in [0.1, 0.15) is 27.2 Å². The number of carbonyl (C=O) groups is 2. The van der Waals surface area contributed by atoms with Crippen molar-refractivity contribution in [1.82, 2.24) is 0 Å². The van der Waals surface area contributed by atoms with Gasteiger partial charge in [0.2, 0.25) is 5.78 Å². The average Bonchev–Trinajstić information content (AvgIpc) is 1.78. The van der Waals surface area contributed by atoms with Crippen molar-refractivity contribution in [2.45, 2.75) is 33.2 Å². The summed E-state index contributed by atoms with van der Waals surface area (Å²) >= 11 is 0. The van der Waals surface area contributed by atoms with Crippen LogP contribution in [0, 0.1) is 15.5 Å². The van der Waals surface area contributed by atoms with Gasteiger partial charge in [0.25, 0.3) is 0 Å². The molecule has 0 heterocycles. The molecule has 1 unspecified atom stereocenters. The van der Waals surface area contributed by atoms with E-state index in [0.29, 0.717) is 0 Å². The minimum Gasteiger partial charge on any atom is -0.476 e. The first-order valence-corrected chi connectivity index (χ1v) is 4.04. The number of carboxylic acids is 1. The Labute approximate surface area is 81.1 Å². The topological polar surface area (TPSA) is 97.5 Å². The van der Waals surface area contributed by atoms with Gasteiger partial charge in [0.15, 0.2) is 0 Å². The fourth-order valence-corrected chi connectivity index (χ4v) is 0.965. The maximum Gasteiger partial charge on any atom is 0.387 e. The second-order valence-electron chi connectivity index (χ2n) is 4.23. The summed E-state index contributed by atoms with van der Waals surface area (Å²) in [4.78, 5) is 30.8. The Morgan fingerprint density at radius 2 is 1.86 bits per heavy atom. The minimum atomic E-state index is -2.13. The Bertz CT molecular complexity index is 251. The molecule has 0 aromatic rings. The quantitative estimate of drug-likeness (QED) is 0.412. The second kappa shape index (κ2) is 4.17. The van der Waals surface area contributed by atoms with Gasteiger partial charge in [-0.05, 0) is 5.41 Å². The molecule has 80 valence electrons. The van der Waals surface area contributed by atoms with E-state index >= 15 is 0 Å². The van der Waals surface area contributed by atoms with Gasteiger partial charge in [-0.25, -0.2) is 4.79 Å². The Kier molecular flexibility index (Phi) is 3.73. The molecule has 0 radical (unpaired) electrons. The number of carbonyl (C=O) groups excluding carboxylic acids is 1. The number of rotatable bonds is 4. The Morgan fingerprint density at radius 1 is 1.43 bits per heavy atom. The summed E-state index contributed by atoms with van der Waals surface area (Å²) in [5, 5.41) is 18.7. The average molecular weight is 203 g/mol. The molecular formula is C8H13NO5. The van der Waals surface area contributed by atoms with Crippen LogP contribution in [0.15, 0.2) is 0 Å². The van der Waals surface area contributed by atoms with Crippen LogP contribution in [0.4, 0.5) is 0 Å². The van der Waals surface area contributed by atoms with Gasteiger partial charge >= 0.3 is 12.0 Å². The fraction of sp³-hybridized carbons (Fsp3) is 0.750. The summed E-state index contributed by atoms with van der Waals surface area (Å²) in [6, 6.07) is -2.13. The van der Waals surface area contributed by atoms with E-state index < -0.39 is 28.1 Å². The summed E-state index contributed by atoms with van der Waals surface area (Å²) in [7, 11) is 0. The monoisotopic (exact) mass is 203 g/mol. The molecule has 0 fully saturated rings. The highest BCUT2D eigenvalue weighted by molar-refractivity contribution is 6.01. The third kappa shape index (κ3) is 3.97. The van der Waals surface area contributed by atoms with Crippen LogP contribution in [-0.4, -0.2) is 27.8 Å². The van der Waals surface area contributed by atoms with Crippen molar-refractivity contribution in [3.05, 3.63) is 10.1 Å². The van der Waals surface area contributed by atoms with Crippen LogP contribution in [-0.2, 0) is 9.59 Å². The van der Waals surface area contributed by atoms with E-state index in [0.717, 1.165) is 0 Å². The van der Waals surface area contributed by atoms with Crippen molar-refractivity contribution in [2.24, 2.45) is 5.41 Å². The summed E-state index contributed by atoms with van der Waals surface area (Å²) in [5.41, 5.74) is -0.444. The molecule has 0 saturated heterocycles. The van der Waals surface area contributed by atoms with E-state index in [1.807, 2.05) is 0 Å². The van der Waals surface area contributed by atoms with Gasteiger partial charge in [0.05, 0.1) is 0 Å². The number of ketones is 1. The van der Waals surface area contributed by atoms with Crippen molar-refractivity contribution in [2.75, 3.05) is 0 Å². The van der Waals surface area contributed by atoms with Crippen LogP contribution < -0.4 is 0 Å². The zero-order valence-electron chi connectivity index (χ0n) is 8.31. The second-order valence-corrected chi connectivity index (χ2v) is 4.23. The first kappa shape index (κ1) is 12.5. The Balaban J connectivity index is 4.63. The SMILES string of the molecule is CC(C)(C)CC(=O)C(C(=O)O)[N+](=O)[O-]. The van der Waals surface area contributed by atoms with E-state index in [-0.39, 0.29) is 6.42 Å². The first-order valence-electron chi connectivity index (χ1n) is 4.04. The van der Waals surface area contributed by atoms with Crippen LogP contribution >= 0.6 is 0 Å². The molecule has 0 saturated carbocycles. The lowest BCUT2D eigenvalue weighted by atomic mass is 9.88. The van der Waals surface area contributed by atoms with Gasteiger partial charge in [-0.15, -0.1) is 0 Å². The summed E-state index contributed by atoms with van der Waals surface area (Å²) in [6.07, 6.45) is -0.120. The maximum absolute atomic E-state index is 11.2. The van der Waals surface area contributed by atoms with Crippen LogP contribution in [0.3, 0.4) is 0 Å². The molecule has 0 rings (SSSR count). The number of carboxylic acid groups (broad SMARTS) is 1. The Hall–Kier alpha value is -1.46. The molecule has 0 bridgehead atoms. The molecule has 0 aromatic carbocycles. The van der Waals surface area contributed by atoms with E-state index in [2.05, 4.69) is 0 Å². The zero-order valence-corrected chi connectivity index (χ0v) is 8.31. The van der Waals surface area contributed by atoms with Crippen LogP contribution in [0.2, 0.25) is 0 Å². The molecule has 1 atom stereocenters. The van der Waals surface area contributed by atoms with Gasteiger partial charge in [0, 0.05) is 11.3 Å². The van der Waals surface area contributed by atoms with Crippen molar-refractivity contribution in [1.29, 1.82) is 0 Å². The highest BCUT2D eigenvalue weighted by Gasteiger charge is 2.39. The molecule has 14 heavy (non-hydrogen) atoms. The first-order chi connectivity index (χ1) is 6.15. The van der Waals surface area contributed by atoms with E-state index in [9.17, 15) is 19.7 Å². The normalized spacial score (nSPS) is 13.4. The molecule has 0 aromatic heterocycles. The number of Topliss-reactive ketones (excluding diaryl/α,β-unsaturated/α-hetero) is 1. The largest absolute Gasteiger partial charge is 0.476 e. The number of nitro groups is 1. The highest BCUT2D eigenvalue weighted by atomic mass is 16.6. The molecule has 0 aliphatic heterocycles. The molecule has 6 nitrogen and oxygen atoms in total. The number of aliphatic carboxylic acids is 1. The summed E-state index contributed by atoms with van der Waals surface area (Å²) in [6.45, 7) is 5.14. The Morgan fingerprint density at radius 3 is 2.07 bits per heavy atom. The predicted octanol–water partition coefficient (Wildman–Crippen LogP) is 0.722. The van der Waals surface area contributed by atoms with Crippen molar-refractivity contribution < 1.29 is 19.6 Å². The van der Waals surface area contributed by atoms with Gasteiger partial charge in [-0.3, -0.25) is 14.9 Å². The van der Waals surface area contributed by atoms with Gasteiger partial charge in [0.1, 0.15) is 0 Å².